The number of amides is 1. The molecule has 0 aliphatic carbocycles. The molecule has 0 bridgehead atoms. The van der Waals surface area contributed by atoms with Crippen molar-refractivity contribution in [2.75, 3.05) is 26.7 Å². The first-order valence-electron chi connectivity index (χ1n) is 13.9. The van der Waals surface area contributed by atoms with Crippen molar-refractivity contribution in [3.8, 4) is 11.1 Å². The van der Waals surface area contributed by atoms with Crippen molar-refractivity contribution in [3.63, 3.8) is 0 Å². The third-order valence-electron chi connectivity index (χ3n) is 8.06. The Morgan fingerprint density at radius 3 is 2.62 bits per heavy atom. The fraction of sp³-hybridized carbons (Fsp3) is 0.364. The Morgan fingerprint density at radius 2 is 1.85 bits per heavy atom. The van der Waals surface area contributed by atoms with Crippen LogP contribution in [0.4, 0.5) is 4.39 Å². The molecule has 1 aliphatic rings. The molecule has 1 aliphatic heterocycles. The highest BCUT2D eigenvalue weighted by Gasteiger charge is 2.33. The van der Waals surface area contributed by atoms with Crippen molar-refractivity contribution in [2.24, 2.45) is 13.0 Å². The zero-order valence-electron chi connectivity index (χ0n) is 23.7. The molecule has 0 radical (unpaired) electrons. The van der Waals surface area contributed by atoms with Crippen molar-refractivity contribution in [2.45, 2.75) is 39.1 Å². The topological polar surface area (TPSA) is 57.9 Å². The minimum Gasteiger partial charge on any atom is -0.394 e. The molecule has 5 rings (SSSR count). The Labute approximate surface area is 235 Å². The minimum atomic E-state index is -0.373. The standard InChI is InChI=1S/C33H38FN3O3/c1-22-17-37(23(2)20-38)33(39)32-31(28-14-7-8-15-29(28)36(32)4)27-13-6-5-11-25(27)21-40-30(22)19-35(3)18-24-10-9-12-26(34)16-24/h5-16,22-23,30,38H,17-21H2,1-4H3/t22-,23+,30+/m0/s1. The zero-order valence-corrected chi connectivity index (χ0v) is 23.7. The quantitative estimate of drug-likeness (QED) is 0.350. The number of halogens is 1. The van der Waals surface area contributed by atoms with Crippen LogP contribution in [0.2, 0.25) is 0 Å². The van der Waals surface area contributed by atoms with Gasteiger partial charge in [-0.05, 0) is 48.9 Å². The lowest BCUT2D eigenvalue weighted by atomic mass is 9.96. The third-order valence-corrected chi connectivity index (χ3v) is 8.06. The first-order valence-corrected chi connectivity index (χ1v) is 13.9. The number of para-hydroxylation sites is 1. The van der Waals surface area contributed by atoms with Gasteiger partial charge in [-0.2, -0.15) is 0 Å². The molecule has 0 fully saturated rings. The molecule has 0 unspecified atom stereocenters. The number of aryl methyl sites for hydroxylation is 1. The Bertz CT molecular complexity index is 1500. The molecule has 1 aromatic heterocycles. The number of nitrogens with zero attached hydrogens (tertiary/aromatic N) is 3. The van der Waals surface area contributed by atoms with Gasteiger partial charge in [0.1, 0.15) is 11.5 Å². The second kappa shape index (κ2) is 11.9. The first kappa shape index (κ1) is 28.0. The maximum Gasteiger partial charge on any atom is 0.271 e. The van der Waals surface area contributed by atoms with E-state index in [1.807, 2.05) is 62.0 Å². The van der Waals surface area contributed by atoms with E-state index in [1.54, 1.807) is 17.0 Å². The van der Waals surface area contributed by atoms with Crippen LogP contribution in [0, 0.1) is 11.7 Å². The van der Waals surface area contributed by atoms with Gasteiger partial charge in [0, 0.05) is 49.1 Å². The van der Waals surface area contributed by atoms with E-state index in [-0.39, 0.29) is 36.4 Å². The molecule has 0 spiro atoms. The summed E-state index contributed by atoms with van der Waals surface area (Å²) in [5, 5.41) is 11.2. The highest BCUT2D eigenvalue weighted by atomic mass is 19.1. The van der Waals surface area contributed by atoms with E-state index in [9.17, 15) is 14.3 Å². The number of benzene rings is 3. The Morgan fingerprint density at radius 1 is 1.10 bits per heavy atom. The van der Waals surface area contributed by atoms with Crippen molar-refractivity contribution in [1.29, 1.82) is 0 Å². The normalized spacial score (nSPS) is 18.9. The van der Waals surface area contributed by atoms with Gasteiger partial charge in [0.2, 0.25) is 0 Å². The number of rotatable bonds is 6. The van der Waals surface area contributed by atoms with Crippen molar-refractivity contribution < 1.29 is 19.0 Å². The Hall–Kier alpha value is -3.52. The van der Waals surface area contributed by atoms with E-state index >= 15 is 0 Å². The van der Waals surface area contributed by atoms with Gasteiger partial charge in [0.15, 0.2) is 0 Å². The number of fused-ring (bicyclic) bond motifs is 5. The van der Waals surface area contributed by atoms with Crippen LogP contribution in [0.1, 0.15) is 35.5 Å². The van der Waals surface area contributed by atoms with Crippen LogP contribution in [0.15, 0.2) is 72.8 Å². The lowest BCUT2D eigenvalue weighted by Gasteiger charge is -2.35. The molecular weight excluding hydrogens is 505 g/mol. The highest BCUT2D eigenvalue weighted by molar-refractivity contribution is 6.10. The first-order chi connectivity index (χ1) is 19.3. The summed E-state index contributed by atoms with van der Waals surface area (Å²) in [6.45, 7) is 5.84. The van der Waals surface area contributed by atoms with Crippen LogP contribution >= 0.6 is 0 Å². The molecule has 210 valence electrons. The molecule has 3 aromatic carbocycles. The Kier molecular flexibility index (Phi) is 8.35. The molecule has 0 saturated heterocycles. The summed E-state index contributed by atoms with van der Waals surface area (Å²) >= 11 is 0. The number of aliphatic hydroxyl groups is 1. The van der Waals surface area contributed by atoms with Gasteiger partial charge >= 0.3 is 0 Å². The summed E-state index contributed by atoms with van der Waals surface area (Å²) in [6.07, 6.45) is -0.203. The number of hydrogen-bond acceptors (Lipinski definition) is 4. The summed E-state index contributed by atoms with van der Waals surface area (Å²) in [6, 6.07) is 22.5. The molecule has 3 atom stereocenters. The van der Waals surface area contributed by atoms with E-state index in [0.29, 0.717) is 31.9 Å². The number of aromatic nitrogens is 1. The van der Waals surface area contributed by atoms with Gasteiger partial charge in [0.05, 0.1) is 25.4 Å². The van der Waals surface area contributed by atoms with E-state index in [4.69, 9.17) is 4.74 Å². The molecule has 7 heteroatoms. The van der Waals surface area contributed by atoms with E-state index in [2.05, 4.69) is 30.0 Å². The van der Waals surface area contributed by atoms with Gasteiger partial charge in [-0.3, -0.25) is 9.69 Å². The smallest absolute Gasteiger partial charge is 0.271 e. The van der Waals surface area contributed by atoms with Gasteiger partial charge in [-0.1, -0.05) is 61.5 Å². The number of carbonyl (C=O) groups excluding carboxylic acids is 1. The molecule has 6 nitrogen and oxygen atoms in total. The second-order valence-corrected chi connectivity index (χ2v) is 11.1. The highest BCUT2D eigenvalue weighted by Crippen LogP contribution is 2.38. The Balaban J connectivity index is 1.57. The zero-order chi connectivity index (χ0) is 28.4. The van der Waals surface area contributed by atoms with E-state index in [1.165, 1.54) is 6.07 Å². The number of aliphatic hydroxyl groups excluding tert-OH is 1. The van der Waals surface area contributed by atoms with Crippen LogP contribution in [-0.4, -0.2) is 64.3 Å². The van der Waals surface area contributed by atoms with Crippen molar-refractivity contribution in [1.82, 2.24) is 14.4 Å². The SMILES string of the molecule is C[C@H](CO)N1C[C@H](C)[C@@H](CN(C)Cc2cccc(F)c2)OCc2ccccc2-c2c(n(C)c3ccccc23)C1=O. The van der Waals surface area contributed by atoms with Crippen LogP contribution in [0.5, 0.6) is 0 Å². The van der Waals surface area contributed by atoms with Crippen LogP contribution in [0.25, 0.3) is 22.0 Å². The van der Waals surface area contributed by atoms with Crippen LogP contribution in [0.3, 0.4) is 0 Å². The number of hydrogen-bond donors (Lipinski definition) is 1. The lowest BCUT2D eigenvalue weighted by molar-refractivity contribution is -0.0242. The summed E-state index contributed by atoms with van der Waals surface area (Å²) < 4.78 is 22.4. The fourth-order valence-corrected chi connectivity index (χ4v) is 5.84. The van der Waals surface area contributed by atoms with Crippen molar-refractivity contribution in [3.05, 3.63) is 95.4 Å². The maximum absolute atomic E-state index is 14.4. The predicted molar refractivity (Wildman–Crippen MR) is 156 cm³/mol. The molecule has 1 amide bonds. The summed E-state index contributed by atoms with van der Waals surface area (Å²) in [7, 11) is 3.94. The van der Waals surface area contributed by atoms with Crippen molar-refractivity contribution >= 4 is 16.8 Å². The number of carbonyl (C=O) groups is 1. The van der Waals surface area contributed by atoms with Gasteiger partial charge < -0.3 is 19.3 Å². The van der Waals surface area contributed by atoms with E-state index in [0.717, 1.165) is 33.2 Å². The second-order valence-electron chi connectivity index (χ2n) is 11.1. The molecular formula is C33H38FN3O3. The number of ether oxygens (including phenoxy) is 1. The minimum absolute atomic E-state index is 0.0312. The summed E-state index contributed by atoms with van der Waals surface area (Å²) in [5.74, 6) is -0.386. The largest absolute Gasteiger partial charge is 0.394 e. The predicted octanol–water partition coefficient (Wildman–Crippen LogP) is 5.47. The summed E-state index contributed by atoms with van der Waals surface area (Å²) in [4.78, 5) is 18.3. The molecule has 2 heterocycles. The average Bonchev–Trinajstić information content (AvgIpc) is 3.24. The fourth-order valence-electron chi connectivity index (χ4n) is 5.84. The van der Waals surface area contributed by atoms with Gasteiger partial charge in [-0.15, -0.1) is 0 Å². The van der Waals surface area contributed by atoms with Crippen LogP contribution in [-0.2, 0) is 24.9 Å². The monoisotopic (exact) mass is 543 g/mol. The average molecular weight is 544 g/mol. The van der Waals surface area contributed by atoms with Gasteiger partial charge in [-0.25, -0.2) is 4.39 Å². The van der Waals surface area contributed by atoms with Crippen LogP contribution < -0.4 is 0 Å². The number of likely N-dealkylation sites (N-methyl/N-ethyl adjacent to an activating group) is 1. The molecule has 0 saturated carbocycles. The third kappa shape index (κ3) is 5.55. The molecule has 4 aromatic rings. The van der Waals surface area contributed by atoms with E-state index < -0.39 is 0 Å². The summed E-state index contributed by atoms with van der Waals surface area (Å²) in [5.41, 5.74) is 5.37. The lowest BCUT2D eigenvalue weighted by Crippen LogP contribution is -2.47. The molecule has 40 heavy (non-hydrogen) atoms. The molecule has 1 N–H and O–H groups in total. The maximum atomic E-state index is 14.4. The van der Waals surface area contributed by atoms with Gasteiger partial charge in [0.25, 0.3) is 5.91 Å².